The van der Waals surface area contributed by atoms with E-state index < -0.39 is 17.4 Å². The van der Waals surface area contributed by atoms with Gasteiger partial charge in [0.2, 0.25) is 11.8 Å². The number of phenols is 1. The van der Waals surface area contributed by atoms with Crippen molar-refractivity contribution in [2.45, 2.75) is 37.8 Å². The van der Waals surface area contributed by atoms with Crippen LogP contribution < -0.4 is 11.5 Å². The van der Waals surface area contributed by atoms with Crippen molar-refractivity contribution in [2.75, 3.05) is 6.54 Å². The van der Waals surface area contributed by atoms with Gasteiger partial charge in [-0.2, -0.15) is 0 Å². The zero-order chi connectivity index (χ0) is 23.8. The quantitative estimate of drug-likeness (QED) is 0.443. The molecule has 0 fully saturated rings. The second-order valence-corrected chi connectivity index (χ2v) is 8.38. The predicted molar refractivity (Wildman–Crippen MR) is 129 cm³/mol. The monoisotopic (exact) mass is 445 g/mol. The van der Waals surface area contributed by atoms with Crippen molar-refractivity contribution < 1.29 is 14.7 Å². The summed E-state index contributed by atoms with van der Waals surface area (Å²) in [7, 11) is 0. The van der Waals surface area contributed by atoms with Crippen molar-refractivity contribution in [3.8, 4) is 5.75 Å². The molecule has 3 aromatic rings. The Kier molecular flexibility index (Phi) is 7.85. The normalized spacial score (nSPS) is 12.8. The van der Waals surface area contributed by atoms with Crippen LogP contribution in [0.5, 0.6) is 5.75 Å². The summed E-state index contributed by atoms with van der Waals surface area (Å²) in [6.07, 6.45) is 0.888. The van der Waals surface area contributed by atoms with Crippen LogP contribution in [0, 0.1) is 0 Å². The summed E-state index contributed by atoms with van der Waals surface area (Å²) in [5.41, 5.74) is 12.8. The van der Waals surface area contributed by atoms with Gasteiger partial charge in [0.15, 0.2) is 0 Å². The van der Waals surface area contributed by atoms with E-state index in [9.17, 15) is 14.7 Å². The van der Waals surface area contributed by atoms with Gasteiger partial charge >= 0.3 is 0 Å². The summed E-state index contributed by atoms with van der Waals surface area (Å²) in [4.78, 5) is 28.6. The first-order valence-electron chi connectivity index (χ1n) is 11.1. The zero-order valence-electron chi connectivity index (χ0n) is 18.9. The Bertz CT molecular complexity index is 1020. The molecule has 0 unspecified atom stereocenters. The molecule has 0 aliphatic carbocycles. The number of rotatable bonds is 10. The molecule has 0 heterocycles. The molecule has 3 aromatic carbocycles. The lowest BCUT2D eigenvalue weighted by molar-refractivity contribution is -0.147. The summed E-state index contributed by atoms with van der Waals surface area (Å²) in [6, 6.07) is 25.6. The summed E-state index contributed by atoms with van der Waals surface area (Å²) < 4.78 is 0. The highest BCUT2D eigenvalue weighted by atomic mass is 16.3. The van der Waals surface area contributed by atoms with Crippen LogP contribution in [0.1, 0.15) is 42.4 Å². The largest absolute Gasteiger partial charge is 0.508 e. The van der Waals surface area contributed by atoms with Gasteiger partial charge < -0.3 is 21.5 Å². The SMILES string of the molecule is C[C@@](CCCN)(C(N)=O)N(Cc1ccc(O)cc1)C(=O)C(c1ccccc1)c1ccccc1. The molecule has 1 atom stereocenters. The molecule has 33 heavy (non-hydrogen) atoms. The molecule has 2 amide bonds. The molecule has 0 bridgehead atoms. The number of hydrogen-bond donors (Lipinski definition) is 3. The van der Waals surface area contributed by atoms with E-state index in [1.165, 1.54) is 0 Å². The van der Waals surface area contributed by atoms with Crippen LogP contribution in [0.2, 0.25) is 0 Å². The first kappa shape index (κ1) is 24.0. The van der Waals surface area contributed by atoms with Crippen molar-refractivity contribution in [2.24, 2.45) is 11.5 Å². The molecule has 0 aromatic heterocycles. The minimum Gasteiger partial charge on any atom is -0.508 e. The van der Waals surface area contributed by atoms with Gasteiger partial charge in [0.25, 0.3) is 0 Å². The smallest absolute Gasteiger partial charge is 0.243 e. The molecule has 0 spiro atoms. The number of aromatic hydroxyl groups is 1. The zero-order valence-corrected chi connectivity index (χ0v) is 18.9. The fraction of sp³-hybridized carbons (Fsp3) is 0.259. The van der Waals surface area contributed by atoms with Gasteiger partial charge in [-0.05, 0) is 55.1 Å². The van der Waals surface area contributed by atoms with Gasteiger partial charge in [0.05, 0.1) is 5.92 Å². The number of primary amides is 1. The first-order valence-corrected chi connectivity index (χ1v) is 11.1. The van der Waals surface area contributed by atoms with E-state index in [0.717, 1.165) is 16.7 Å². The number of hydrogen-bond acceptors (Lipinski definition) is 4. The van der Waals surface area contributed by atoms with E-state index in [4.69, 9.17) is 11.5 Å². The Hall–Kier alpha value is -3.64. The van der Waals surface area contributed by atoms with Gasteiger partial charge in [-0.3, -0.25) is 9.59 Å². The fourth-order valence-corrected chi connectivity index (χ4v) is 4.04. The highest BCUT2D eigenvalue weighted by Crippen LogP contribution is 2.33. The Balaban J connectivity index is 2.12. The molecule has 5 N–H and O–H groups in total. The topological polar surface area (TPSA) is 110 Å². The van der Waals surface area contributed by atoms with Gasteiger partial charge in [-0.1, -0.05) is 72.8 Å². The van der Waals surface area contributed by atoms with Crippen LogP contribution in [0.25, 0.3) is 0 Å². The number of nitrogens with two attached hydrogens (primary N) is 2. The van der Waals surface area contributed by atoms with E-state index in [1.54, 1.807) is 36.1 Å². The molecule has 172 valence electrons. The highest BCUT2D eigenvalue weighted by molar-refractivity contribution is 5.94. The van der Waals surface area contributed by atoms with Crippen molar-refractivity contribution in [3.63, 3.8) is 0 Å². The Morgan fingerprint density at radius 2 is 1.42 bits per heavy atom. The van der Waals surface area contributed by atoms with Crippen molar-refractivity contribution in [3.05, 3.63) is 102 Å². The number of carbonyl (C=O) groups excluding carboxylic acids is 2. The van der Waals surface area contributed by atoms with Crippen LogP contribution >= 0.6 is 0 Å². The Labute approximate surface area is 194 Å². The molecule has 0 saturated carbocycles. The third-order valence-corrected chi connectivity index (χ3v) is 6.05. The van der Waals surface area contributed by atoms with E-state index in [2.05, 4.69) is 0 Å². The van der Waals surface area contributed by atoms with Crippen LogP contribution in [-0.4, -0.2) is 33.9 Å². The molecular formula is C27H31N3O3. The average Bonchev–Trinajstić information content (AvgIpc) is 2.83. The maximum atomic E-state index is 14.3. The third-order valence-electron chi connectivity index (χ3n) is 6.05. The lowest BCUT2D eigenvalue weighted by atomic mass is 9.85. The Morgan fingerprint density at radius 3 is 1.88 bits per heavy atom. The minimum absolute atomic E-state index is 0.129. The number of phenolic OH excluding ortho intramolecular Hbond substituents is 1. The number of amides is 2. The lowest BCUT2D eigenvalue weighted by Crippen LogP contribution is -2.58. The average molecular weight is 446 g/mol. The highest BCUT2D eigenvalue weighted by Gasteiger charge is 2.43. The molecule has 0 aliphatic rings. The van der Waals surface area contributed by atoms with Crippen molar-refractivity contribution >= 4 is 11.8 Å². The van der Waals surface area contributed by atoms with Gasteiger partial charge in [0.1, 0.15) is 11.3 Å². The van der Waals surface area contributed by atoms with Crippen LogP contribution in [0.15, 0.2) is 84.9 Å². The molecule has 6 nitrogen and oxygen atoms in total. The molecule has 0 radical (unpaired) electrons. The van der Waals surface area contributed by atoms with Gasteiger partial charge in [-0.15, -0.1) is 0 Å². The second-order valence-electron chi connectivity index (χ2n) is 8.38. The summed E-state index contributed by atoms with van der Waals surface area (Å²) in [5.74, 6) is -1.29. The Morgan fingerprint density at radius 1 is 0.909 bits per heavy atom. The summed E-state index contributed by atoms with van der Waals surface area (Å²) in [5, 5.41) is 9.68. The van der Waals surface area contributed by atoms with Crippen molar-refractivity contribution in [1.29, 1.82) is 0 Å². The predicted octanol–water partition coefficient (Wildman–Crippen LogP) is 3.54. The van der Waals surface area contributed by atoms with E-state index in [-0.39, 0.29) is 18.2 Å². The number of carbonyl (C=O) groups is 2. The molecular weight excluding hydrogens is 414 g/mol. The van der Waals surface area contributed by atoms with Crippen molar-refractivity contribution in [1.82, 2.24) is 4.90 Å². The summed E-state index contributed by atoms with van der Waals surface area (Å²) in [6.45, 7) is 2.25. The fourth-order valence-electron chi connectivity index (χ4n) is 4.04. The van der Waals surface area contributed by atoms with Crippen LogP contribution in [-0.2, 0) is 16.1 Å². The molecule has 3 rings (SSSR count). The first-order chi connectivity index (χ1) is 15.9. The molecule has 0 saturated heterocycles. The maximum Gasteiger partial charge on any atom is 0.243 e. The molecule has 0 aliphatic heterocycles. The maximum absolute atomic E-state index is 14.3. The number of benzene rings is 3. The minimum atomic E-state index is -1.24. The standard InChI is InChI=1S/C27H31N3O3/c1-27(26(29)33,17-8-18-28)30(19-20-13-15-23(31)16-14-20)25(32)24(21-9-4-2-5-10-21)22-11-6-3-7-12-22/h2-7,9-16,24,31H,8,17-19,28H2,1H3,(H2,29,33)/t27-/m1/s1. The lowest BCUT2D eigenvalue weighted by Gasteiger charge is -2.41. The second kappa shape index (κ2) is 10.8. The summed E-state index contributed by atoms with van der Waals surface area (Å²) >= 11 is 0. The molecule has 6 heteroatoms. The van der Waals surface area contributed by atoms with E-state index >= 15 is 0 Å². The third kappa shape index (κ3) is 5.59. The van der Waals surface area contributed by atoms with Gasteiger partial charge in [0, 0.05) is 6.54 Å². The van der Waals surface area contributed by atoms with E-state index in [1.807, 2.05) is 60.7 Å². The number of nitrogens with zero attached hydrogens (tertiary/aromatic N) is 1. The van der Waals surface area contributed by atoms with Crippen LogP contribution in [0.3, 0.4) is 0 Å². The van der Waals surface area contributed by atoms with Gasteiger partial charge in [-0.25, -0.2) is 0 Å². The van der Waals surface area contributed by atoms with Crippen LogP contribution in [0.4, 0.5) is 0 Å². The van der Waals surface area contributed by atoms with E-state index in [0.29, 0.717) is 19.4 Å².